The molecule has 0 aromatic carbocycles. The van der Waals surface area contributed by atoms with Crippen LogP contribution in [-0.2, 0) is 11.0 Å². The smallest absolute Gasteiger partial charge is 0.0937 e. The Morgan fingerprint density at radius 2 is 2.22 bits per heavy atom. The molecule has 4 heteroatoms. The molecule has 0 bridgehead atoms. The van der Waals surface area contributed by atoms with Crippen LogP contribution in [0.1, 0.15) is 6.92 Å². The topological polar surface area (TPSA) is 46.3 Å². The third kappa shape index (κ3) is 3.61. The molecule has 0 radical (unpaired) electrons. The van der Waals surface area contributed by atoms with Crippen LogP contribution in [-0.4, -0.2) is 34.4 Å². The summed E-state index contributed by atoms with van der Waals surface area (Å²) in [5.74, 6) is 0.677. The molecule has 0 aliphatic carbocycles. The number of nitrogens with two attached hydrogens (primary N) is 1. The second kappa shape index (κ2) is 4.90. The standard InChI is InChI=1S/C5H14N2OS/c1-3-9(8)7(2)5-4-6/h3-6H2,1-2H3. The summed E-state index contributed by atoms with van der Waals surface area (Å²) < 4.78 is 12.6. The van der Waals surface area contributed by atoms with Gasteiger partial charge in [0.1, 0.15) is 0 Å². The monoisotopic (exact) mass is 150 g/mol. The van der Waals surface area contributed by atoms with Crippen molar-refractivity contribution < 1.29 is 4.21 Å². The second-order valence-corrected chi connectivity index (χ2v) is 3.59. The van der Waals surface area contributed by atoms with E-state index in [9.17, 15) is 4.21 Å². The van der Waals surface area contributed by atoms with Crippen LogP contribution in [0.5, 0.6) is 0 Å². The maximum Gasteiger partial charge on any atom is 0.0937 e. The number of hydrogen-bond donors (Lipinski definition) is 1. The zero-order valence-corrected chi connectivity index (χ0v) is 6.78. The van der Waals surface area contributed by atoms with E-state index in [4.69, 9.17) is 5.73 Å². The lowest BCUT2D eigenvalue weighted by Gasteiger charge is -2.11. The van der Waals surface area contributed by atoms with Crippen molar-refractivity contribution in [3.63, 3.8) is 0 Å². The summed E-state index contributed by atoms with van der Waals surface area (Å²) in [5, 5.41) is 0. The molecule has 0 heterocycles. The first-order valence-corrected chi connectivity index (χ1v) is 4.29. The molecular weight excluding hydrogens is 136 g/mol. The maximum atomic E-state index is 10.9. The van der Waals surface area contributed by atoms with Gasteiger partial charge >= 0.3 is 0 Å². The first kappa shape index (κ1) is 9.07. The molecule has 0 aliphatic rings. The minimum Gasteiger partial charge on any atom is -0.329 e. The predicted molar refractivity (Wildman–Crippen MR) is 40.4 cm³/mol. The third-order valence-electron chi connectivity index (χ3n) is 1.04. The summed E-state index contributed by atoms with van der Waals surface area (Å²) in [6.45, 7) is 3.17. The van der Waals surface area contributed by atoms with Gasteiger partial charge in [0.25, 0.3) is 0 Å². The predicted octanol–water partition coefficient (Wildman–Crippen LogP) is -0.439. The molecule has 9 heavy (non-hydrogen) atoms. The lowest BCUT2D eigenvalue weighted by atomic mass is 10.7. The van der Waals surface area contributed by atoms with E-state index in [-0.39, 0.29) is 0 Å². The first-order chi connectivity index (χ1) is 4.22. The van der Waals surface area contributed by atoms with Gasteiger partial charge in [-0.3, -0.25) is 0 Å². The average Bonchev–Trinajstić information content (AvgIpc) is 1.87. The highest BCUT2D eigenvalue weighted by Gasteiger charge is 2.01. The SMILES string of the molecule is CCS(=O)N(C)CCN. The van der Waals surface area contributed by atoms with Crippen LogP contribution >= 0.6 is 0 Å². The zero-order valence-electron chi connectivity index (χ0n) is 5.96. The van der Waals surface area contributed by atoms with Crippen LogP contribution in [0.25, 0.3) is 0 Å². The molecule has 0 spiro atoms. The largest absolute Gasteiger partial charge is 0.329 e. The Kier molecular flexibility index (Phi) is 4.94. The van der Waals surface area contributed by atoms with Gasteiger partial charge in [-0.05, 0) is 7.05 Å². The Labute approximate surface area is 58.8 Å². The summed E-state index contributed by atoms with van der Waals surface area (Å²) in [4.78, 5) is 0. The third-order valence-corrected chi connectivity index (χ3v) is 2.41. The van der Waals surface area contributed by atoms with Gasteiger partial charge in [0.15, 0.2) is 0 Å². The quantitative estimate of drug-likeness (QED) is 0.590. The van der Waals surface area contributed by atoms with Crippen molar-refractivity contribution in [2.45, 2.75) is 6.92 Å². The molecule has 0 amide bonds. The van der Waals surface area contributed by atoms with E-state index in [1.54, 1.807) is 4.31 Å². The van der Waals surface area contributed by atoms with E-state index in [0.717, 1.165) is 0 Å². The molecule has 56 valence electrons. The summed E-state index contributed by atoms with van der Waals surface area (Å²) in [6.07, 6.45) is 0. The number of hydrogen-bond acceptors (Lipinski definition) is 2. The summed E-state index contributed by atoms with van der Waals surface area (Å²) in [7, 11) is 0.994. The highest BCUT2D eigenvalue weighted by Crippen LogP contribution is 1.87. The minimum absolute atomic E-state index is 0.572. The van der Waals surface area contributed by atoms with Crippen molar-refractivity contribution in [1.29, 1.82) is 0 Å². The Bertz CT molecular complexity index is 97.0. The maximum absolute atomic E-state index is 10.9. The molecule has 0 aliphatic heterocycles. The van der Waals surface area contributed by atoms with Crippen molar-refractivity contribution in [3.8, 4) is 0 Å². The lowest BCUT2D eigenvalue weighted by molar-refractivity contribution is 0.532. The van der Waals surface area contributed by atoms with Gasteiger partial charge in [0.2, 0.25) is 0 Å². The molecule has 0 saturated carbocycles. The summed E-state index contributed by atoms with van der Waals surface area (Å²) >= 11 is 0. The van der Waals surface area contributed by atoms with E-state index in [1.807, 2.05) is 14.0 Å². The molecule has 0 saturated heterocycles. The van der Waals surface area contributed by atoms with Crippen molar-refractivity contribution in [2.75, 3.05) is 25.9 Å². The fraction of sp³-hybridized carbons (Fsp3) is 1.00. The van der Waals surface area contributed by atoms with Crippen LogP contribution in [0.2, 0.25) is 0 Å². The van der Waals surface area contributed by atoms with Gasteiger partial charge in [-0.25, -0.2) is 8.51 Å². The fourth-order valence-corrected chi connectivity index (χ4v) is 1.25. The molecule has 2 N–H and O–H groups in total. The van der Waals surface area contributed by atoms with Crippen molar-refractivity contribution in [1.82, 2.24) is 4.31 Å². The highest BCUT2D eigenvalue weighted by atomic mass is 32.2. The molecule has 0 fully saturated rings. The minimum atomic E-state index is -0.818. The molecule has 1 unspecified atom stereocenters. The van der Waals surface area contributed by atoms with Crippen molar-refractivity contribution >= 4 is 11.0 Å². The van der Waals surface area contributed by atoms with Crippen molar-refractivity contribution in [3.05, 3.63) is 0 Å². The number of likely N-dealkylation sites (N-methyl/N-ethyl adjacent to an activating group) is 1. The lowest BCUT2D eigenvalue weighted by Crippen LogP contribution is -2.28. The van der Waals surface area contributed by atoms with Gasteiger partial charge in [0.05, 0.1) is 11.0 Å². The van der Waals surface area contributed by atoms with Gasteiger partial charge in [-0.2, -0.15) is 0 Å². The molecule has 1 atom stereocenters. The molecule has 0 rings (SSSR count). The number of nitrogens with zero attached hydrogens (tertiary/aromatic N) is 1. The van der Waals surface area contributed by atoms with E-state index >= 15 is 0 Å². The average molecular weight is 150 g/mol. The van der Waals surface area contributed by atoms with Gasteiger partial charge in [-0.15, -0.1) is 0 Å². The van der Waals surface area contributed by atoms with E-state index in [1.165, 1.54) is 0 Å². The van der Waals surface area contributed by atoms with Crippen LogP contribution in [0.3, 0.4) is 0 Å². The Morgan fingerprint density at radius 1 is 1.67 bits per heavy atom. The Morgan fingerprint density at radius 3 is 2.56 bits per heavy atom. The van der Waals surface area contributed by atoms with Crippen LogP contribution < -0.4 is 5.73 Å². The van der Waals surface area contributed by atoms with Crippen molar-refractivity contribution in [2.24, 2.45) is 5.73 Å². The Balaban J connectivity index is 3.45. The van der Waals surface area contributed by atoms with Gasteiger partial charge in [0, 0.05) is 18.8 Å². The normalized spacial score (nSPS) is 14.2. The van der Waals surface area contributed by atoms with Crippen LogP contribution in [0.15, 0.2) is 0 Å². The van der Waals surface area contributed by atoms with E-state index in [0.29, 0.717) is 18.8 Å². The van der Waals surface area contributed by atoms with Gasteiger partial charge < -0.3 is 5.73 Å². The van der Waals surface area contributed by atoms with Gasteiger partial charge in [-0.1, -0.05) is 6.92 Å². The van der Waals surface area contributed by atoms with Crippen LogP contribution in [0, 0.1) is 0 Å². The number of rotatable bonds is 4. The van der Waals surface area contributed by atoms with Crippen LogP contribution in [0.4, 0.5) is 0 Å². The molecule has 0 aromatic rings. The van der Waals surface area contributed by atoms with E-state index < -0.39 is 11.0 Å². The highest BCUT2D eigenvalue weighted by molar-refractivity contribution is 7.82. The summed E-state index contributed by atoms with van der Waals surface area (Å²) in [6, 6.07) is 0. The fourth-order valence-electron chi connectivity index (χ4n) is 0.504. The summed E-state index contributed by atoms with van der Waals surface area (Å²) in [5.41, 5.74) is 5.25. The van der Waals surface area contributed by atoms with E-state index in [2.05, 4.69) is 0 Å². The Hall–Kier alpha value is 0.0700. The second-order valence-electron chi connectivity index (χ2n) is 1.75. The molecule has 3 nitrogen and oxygen atoms in total. The first-order valence-electron chi connectivity index (χ1n) is 3.02. The molecular formula is C5H14N2OS. The zero-order chi connectivity index (χ0) is 7.28. The molecule has 0 aromatic heterocycles.